The summed E-state index contributed by atoms with van der Waals surface area (Å²) in [6.07, 6.45) is 2.22. The van der Waals surface area contributed by atoms with Crippen LogP contribution in [0.4, 0.5) is 4.39 Å². The second kappa shape index (κ2) is 6.89. The van der Waals surface area contributed by atoms with Crippen molar-refractivity contribution in [1.29, 1.82) is 0 Å². The highest BCUT2D eigenvalue weighted by Gasteiger charge is 2.10. The van der Waals surface area contributed by atoms with Gasteiger partial charge in [0.05, 0.1) is 6.61 Å². The third kappa shape index (κ3) is 3.78. The molecule has 0 saturated carbocycles. The summed E-state index contributed by atoms with van der Waals surface area (Å²) in [6, 6.07) is 5.24. The molecular formula is C13H18BrFO. The van der Waals surface area contributed by atoms with Crippen LogP contribution in [0.5, 0.6) is 5.75 Å². The van der Waals surface area contributed by atoms with Crippen molar-refractivity contribution in [3.05, 3.63) is 29.6 Å². The van der Waals surface area contributed by atoms with Crippen molar-refractivity contribution in [3.63, 3.8) is 0 Å². The largest absolute Gasteiger partial charge is 0.490 e. The fourth-order valence-electron chi connectivity index (χ4n) is 1.55. The summed E-state index contributed by atoms with van der Waals surface area (Å²) in [6.45, 7) is 4.46. The number of halogens is 2. The SMILES string of the molecule is CCCC(CBr)COc1cccc(C)c1F. The molecule has 0 aliphatic rings. The number of hydrogen-bond donors (Lipinski definition) is 0. The lowest BCUT2D eigenvalue weighted by atomic mass is 10.1. The molecular weight excluding hydrogens is 271 g/mol. The van der Waals surface area contributed by atoms with Crippen molar-refractivity contribution < 1.29 is 9.13 Å². The Morgan fingerprint density at radius 2 is 2.19 bits per heavy atom. The van der Waals surface area contributed by atoms with Crippen LogP contribution in [0.25, 0.3) is 0 Å². The van der Waals surface area contributed by atoms with Crippen molar-refractivity contribution in [2.45, 2.75) is 26.7 Å². The Kier molecular flexibility index (Phi) is 5.81. The number of rotatable bonds is 6. The van der Waals surface area contributed by atoms with Gasteiger partial charge in [0.1, 0.15) is 0 Å². The molecule has 90 valence electrons. The Morgan fingerprint density at radius 3 is 2.81 bits per heavy atom. The Morgan fingerprint density at radius 1 is 1.44 bits per heavy atom. The van der Waals surface area contributed by atoms with E-state index in [0.717, 1.165) is 18.2 Å². The fourth-order valence-corrected chi connectivity index (χ4v) is 2.06. The zero-order valence-electron chi connectivity index (χ0n) is 9.80. The minimum atomic E-state index is -0.243. The van der Waals surface area contributed by atoms with Crippen molar-refractivity contribution in [2.75, 3.05) is 11.9 Å². The topological polar surface area (TPSA) is 9.23 Å². The molecule has 0 amide bonds. The van der Waals surface area contributed by atoms with Crippen molar-refractivity contribution in [1.82, 2.24) is 0 Å². The molecule has 0 spiro atoms. The second-order valence-corrected chi connectivity index (χ2v) is 4.65. The molecule has 0 N–H and O–H groups in total. The average molecular weight is 289 g/mol. The maximum atomic E-state index is 13.6. The van der Waals surface area contributed by atoms with Crippen LogP contribution in [0.3, 0.4) is 0 Å². The summed E-state index contributed by atoms with van der Waals surface area (Å²) in [4.78, 5) is 0. The van der Waals surface area contributed by atoms with Crippen LogP contribution in [0.15, 0.2) is 18.2 Å². The summed E-state index contributed by atoms with van der Waals surface area (Å²) >= 11 is 3.45. The van der Waals surface area contributed by atoms with E-state index in [9.17, 15) is 4.39 Å². The van der Waals surface area contributed by atoms with E-state index in [1.54, 1.807) is 19.1 Å². The smallest absolute Gasteiger partial charge is 0.167 e. The molecule has 0 fully saturated rings. The highest BCUT2D eigenvalue weighted by atomic mass is 79.9. The number of benzene rings is 1. The average Bonchev–Trinajstić information content (AvgIpc) is 2.29. The van der Waals surface area contributed by atoms with Gasteiger partial charge in [-0.15, -0.1) is 0 Å². The zero-order valence-corrected chi connectivity index (χ0v) is 11.4. The van der Waals surface area contributed by atoms with E-state index in [1.165, 1.54) is 0 Å². The van der Waals surface area contributed by atoms with Gasteiger partial charge in [0.2, 0.25) is 0 Å². The van der Waals surface area contributed by atoms with E-state index in [0.29, 0.717) is 23.8 Å². The molecule has 1 aromatic carbocycles. The van der Waals surface area contributed by atoms with Crippen LogP contribution in [0.2, 0.25) is 0 Å². The van der Waals surface area contributed by atoms with Crippen LogP contribution in [0, 0.1) is 18.7 Å². The van der Waals surface area contributed by atoms with Gasteiger partial charge in [0, 0.05) is 11.2 Å². The van der Waals surface area contributed by atoms with Gasteiger partial charge in [-0.1, -0.05) is 41.4 Å². The first-order chi connectivity index (χ1) is 7.69. The lowest BCUT2D eigenvalue weighted by molar-refractivity contribution is 0.244. The second-order valence-electron chi connectivity index (χ2n) is 4.01. The Hall–Kier alpha value is -0.570. The summed E-state index contributed by atoms with van der Waals surface area (Å²) in [5.74, 6) is 0.569. The monoisotopic (exact) mass is 288 g/mol. The molecule has 0 radical (unpaired) electrons. The first kappa shape index (κ1) is 13.5. The molecule has 1 atom stereocenters. The predicted octanol–water partition coefficient (Wildman–Crippen LogP) is 4.32. The Balaban J connectivity index is 2.56. The number of hydrogen-bond acceptors (Lipinski definition) is 1. The molecule has 0 bridgehead atoms. The minimum absolute atomic E-state index is 0.243. The van der Waals surface area contributed by atoms with Gasteiger partial charge in [-0.3, -0.25) is 0 Å². The van der Waals surface area contributed by atoms with Crippen LogP contribution in [-0.4, -0.2) is 11.9 Å². The molecule has 3 heteroatoms. The summed E-state index contributed by atoms with van der Waals surface area (Å²) < 4.78 is 19.1. The van der Waals surface area contributed by atoms with E-state index in [2.05, 4.69) is 22.9 Å². The fraction of sp³-hybridized carbons (Fsp3) is 0.538. The summed E-state index contributed by atoms with van der Waals surface area (Å²) in [5, 5.41) is 0.897. The molecule has 0 aromatic heterocycles. The van der Waals surface area contributed by atoms with E-state index in [1.807, 2.05) is 6.07 Å². The maximum absolute atomic E-state index is 13.6. The van der Waals surface area contributed by atoms with Crippen molar-refractivity contribution in [3.8, 4) is 5.75 Å². The standard InChI is InChI=1S/C13H18BrFO/c1-3-5-11(8-14)9-16-12-7-4-6-10(2)13(12)15/h4,6-7,11H,3,5,8-9H2,1-2H3. The Bertz CT molecular complexity index is 328. The highest BCUT2D eigenvalue weighted by molar-refractivity contribution is 9.09. The molecule has 0 aliphatic carbocycles. The Labute approximate surface area is 105 Å². The maximum Gasteiger partial charge on any atom is 0.167 e. The quantitative estimate of drug-likeness (QED) is 0.708. The first-order valence-corrected chi connectivity index (χ1v) is 6.75. The normalized spacial score (nSPS) is 12.5. The van der Waals surface area contributed by atoms with Crippen molar-refractivity contribution >= 4 is 15.9 Å². The van der Waals surface area contributed by atoms with E-state index < -0.39 is 0 Å². The molecule has 0 heterocycles. The zero-order chi connectivity index (χ0) is 12.0. The number of alkyl halides is 1. The van der Waals surface area contributed by atoms with Crippen LogP contribution in [0.1, 0.15) is 25.3 Å². The minimum Gasteiger partial charge on any atom is -0.490 e. The first-order valence-electron chi connectivity index (χ1n) is 5.62. The molecule has 0 saturated heterocycles. The number of ether oxygens (including phenoxy) is 1. The van der Waals surface area contributed by atoms with Gasteiger partial charge in [0.15, 0.2) is 11.6 Å². The molecule has 16 heavy (non-hydrogen) atoms. The van der Waals surface area contributed by atoms with Crippen LogP contribution < -0.4 is 4.74 Å². The third-order valence-electron chi connectivity index (χ3n) is 2.55. The van der Waals surface area contributed by atoms with Gasteiger partial charge in [-0.2, -0.15) is 0 Å². The van der Waals surface area contributed by atoms with E-state index in [-0.39, 0.29) is 5.82 Å². The van der Waals surface area contributed by atoms with Gasteiger partial charge in [-0.05, 0) is 25.0 Å². The van der Waals surface area contributed by atoms with Crippen LogP contribution >= 0.6 is 15.9 Å². The van der Waals surface area contributed by atoms with E-state index in [4.69, 9.17) is 4.74 Å². The lowest BCUT2D eigenvalue weighted by Crippen LogP contribution is -2.14. The number of aryl methyl sites for hydroxylation is 1. The summed E-state index contributed by atoms with van der Waals surface area (Å²) in [7, 11) is 0. The van der Waals surface area contributed by atoms with E-state index >= 15 is 0 Å². The molecule has 1 rings (SSSR count). The van der Waals surface area contributed by atoms with Gasteiger partial charge >= 0.3 is 0 Å². The summed E-state index contributed by atoms with van der Waals surface area (Å²) in [5.41, 5.74) is 0.628. The van der Waals surface area contributed by atoms with Gasteiger partial charge < -0.3 is 4.74 Å². The van der Waals surface area contributed by atoms with Gasteiger partial charge in [0.25, 0.3) is 0 Å². The lowest BCUT2D eigenvalue weighted by Gasteiger charge is -2.15. The third-order valence-corrected chi connectivity index (χ3v) is 3.46. The van der Waals surface area contributed by atoms with Crippen LogP contribution in [-0.2, 0) is 0 Å². The molecule has 1 unspecified atom stereocenters. The molecule has 1 nitrogen and oxygen atoms in total. The highest BCUT2D eigenvalue weighted by Crippen LogP contribution is 2.21. The van der Waals surface area contributed by atoms with Gasteiger partial charge in [-0.25, -0.2) is 4.39 Å². The van der Waals surface area contributed by atoms with Crippen molar-refractivity contribution in [2.24, 2.45) is 5.92 Å². The molecule has 0 aliphatic heterocycles. The molecule has 1 aromatic rings. The predicted molar refractivity (Wildman–Crippen MR) is 68.8 cm³/mol.